The second-order valence-electron chi connectivity index (χ2n) is 4.03. The van der Waals surface area contributed by atoms with Crippen LogP contribution in [0.25, 0.3) is 0 Å². The van der Waals surface area contributed by atoms with Crippen molar-refractivity contribution >= 4 is 5.97 Å². The van der Waals surface area contributed by atoms with E-state index in [2.05, 4.69) is 6.07 Å². The first-order valence-corrected chi connectivity index (χ1v) is 5.44. The molecule has 4 nitrogen and oxygen atoms in total. The highest BCUT2D eigenvalue weighted by Crippen LogP contribution is 2.22. The van der Waals surface area contributed by atoms with Crippen molar-refractivity contribution < 1.29 is 9.90 Å². The van der Waals surface area contributed by atoms with Gasteiger partial charge in [0, 0.05) is 6.04 Å². The van der Waals surface area contributed by atoms with E-state index in [0.29, 0.717) is 6.42 Å². The molecule has 90 valence electrons. The molecule has 1 rings (SSSR count). The standard InChI is InChI=1S/C13H16N2O2/c1-10(8-9-14)15(2)12(13(16)17)11-6-4-3-5-7-11/h3-7,10,12H,8H2,1-2H3,(H,16,17). The number of benzene rings is 1. The summed E-state index contributed by atoms with van der Waals surface area (Å²) in [5.74, 6) is -0.900. The Morgan fingerprint density at radius 3 is 2.53 bits per heavy atom. The van der Waals surface area contributed by atoms with E-state index >= 15 is 0 Å². The zero-order chi connectivity index (χ0) is 12.8. The van der Waals surface area contributed by atoms with E-state index in [0.717, 1.165) is 5.56 Å². The van der Waals surface area contributed by atoms with Gasteiger partial charge in [-0.3, -0.25) is 9.69 Å². The number of rotatable bonds is 5. The molecule has 0 spiro atoms. The molecule has 1 aromatic rings. The largest absolute Gasteiger partial charge is 0.480 e. The van der Waals surface area contributed by atoms with E-state index in [4.69, 9.17) is 5.26 Å². The van der Waals surface area contributed by atoms with Crippen LogP contribution in [0, 0.1) is 11.3 Å². The van der Waals surface area contributed by atoms with Crippen molar-refractivity contribution in [3.63, 3.8) is 0 Å². The van der Waals surface area contributed by atoms with Crippen LogP contribution >= 0.6 is 0 Å². The fourth-order valence-electron chi connectivity index (χ4n) is 1.72. The van der Waals surface area contributed by atoms with Crippen LogP contribution in [-0.4, -0.2) is 29.1 Å². The van der Waals surface area contributed by atoms with Gasteiger partial charge in [0.05, 0.1) is 12.5 Å². The monoisotopic (exact) mass is 232 g/mol. The minimum Gasteiger partial charge on any atom is -0.480 e. The Morgan fingerprint density at radius 2 is 2.06 bits per heavy atom. The van der Waals surface area contributed by atoms with E-state index in [1.807, 2.05) is 25.1 Å². The molecule has 0 fully saturated rings. The Bertz CT molecular complexity index is 411. The zero-order valence-electron chi connectivity index (χ0n) is 10.00. The molecule has 0 saturated carbocycles. The molecule has 2 atom stereocenters. The smallest absolute Gasteiger partial charge is 0.325 e. The van der Waals surface area contributed by atoms with Gasteiger partial charge in [-0.1, -0.05) is 30.3 Å². The number of likely N-dealkylation sites (N-methyl/N-ethyl adjacent to an activating group) is 1. The first kappa shape index (κ1) is 13.2. The van der Waals surface area contributed by atoms with E-state index < -0.39 is 12.0 Å². The highest BCUT2D eigenvalue weighted by molar-refractivity contribution is 5.75. The molecule has 0 aliphatic rings. The fourth-order valence-corrected chi connectivity index (χ4v) is 1.72. The summed E-state index contributed by atoms with van der Waals surface area (Å²) in [4.78, 5) is 13.0. The summed E-state index contributed by atoms with van der Waals surface area (Å²) >= 11 is 0. The van der Waals surface area contributed by atoms with Crippen LogP contribution in [0.1, 0.15) is 24.9 Å². The van der Waals surface area contributed by atoms with Gasteiger partial charge in [-0.15, -0.1) is 0 Å². The predicted molar refractivity (Wildman–Crippen MR) is 64.3 cm³/mol. The Hall–Kier alpha value is -1.86. The number of hydrogen-bond acceptors (Lipinski definition) is 3. The van der Waals surface area contributed by atoms with E-state index in [-0.39, 0.29) is 6.04 Å². The lowest BCUT2D eigenvalue weighted by molar-refractivity contribution is -0.143. The Morgan fingerprint density at radius 1 is 1.47 bits per heavy atom. The lowest BCUT2D eigenvalue weighted by Crippen LogP contribution is -2.37. The van der Waals surface area contributed by atoms with Gasteiger partial charge >= 0.3 is 5.97 Å². The summed E-state index contributed by atoms with van der Waals surface area (Å²) in [6, 6.07) is 10.3. The molecule has 0 radical (unpaired) electrons. The quantitative estimate of drug-likeness (QED) is 0.843. The number of hydrogen-bond donors (Lipinski definition) is 1. The van der Waals surface area contributed by atoms with Crippen LogP contribution in [0.4, 0.5) is 0 Å². The van der Waals surface area contributed by atoms with E-state index in [1.165, 1.54) is 0 Å². The maximum absolute atomic E-state index is 11.3. The van der Waals surface area contributed by atoms with Crippen molar-refractivity contribution in [3.8, 4) is 6.07 Å². The highest BCUT2D eigenvalue weighted by Gasteiger charge is 2.27. The third kappa shape index (κ3) is 3.30. The lowest BCUT2D eigenvalue weighted by Gasteiger charge is -2.29. The molecule has 0 bridgehead atoms. The fraction of sp³-hybridized carbons (Fsp3) is 0.385. The van der Waals surface area contributed by atoms with Gasteiger partial charge in [-0.25, -0.2) is 0 Å². The Labute approximate surface area is 101 Å². The number of aliphatic carboxylic acids is 1. The van der Waals surface area contributed by atoms with Crippen LogP contribution in [-0.2, 0) is 4.79 Å². The first-order chi connectivity index (χ1) is 8.07. The molecule has 0 amide bonds. The van der Waals surface area contributed by atoms with Crippen molar-refractivity contribution in [1.29, 1.82) is 5.26 Å². The number of carbonyl (C=O) groups is 1. The Kier molecular flexibility index (Phi) is 4.68. The molecule has 0 saturated heterocycles. The van der Waals surface area contributed by atoms with E-state index in [1.54, 1.807) is 24.1 Å². The molecular formula is C13H16N2O2. The lowest BCUT2D eigenvalue weighted by atomic mass is 10.0. The average molecular weight is 232 g/mol. The maximum atomic E-state index is 11.3. The van der Waals surface area contributed by atoms with Gasteiger partial charge in [0.2, 0.25) is 0 Å². The third-order valence-corrected chi connectivity index (χ3v) is 2.84. The van der Waals surface area contributed by atoms with E-state index in [9.17, 15) is 9.90 Å². The summed E-state index contributed by atoms with van der Waals surface area (Å²) < 4.78 is 0. The second-order valence-corrected chi connectivity index (χ2v) is 4.03. The number of nitrogens with zero attached hydrogens (tertiary/aromatic N) is 2. The van der Waals surface area contributed by atoms with Crippen molar-refractivity contribution in [2.45, 2.75) is 25.4 Å². The number of nitriles is 1. The van der Waals surface area contributed by atoms with Gasteiger partial charge in [-0.2, -0.15) is 5.26 Å². The average Bonchev–Trinajstić information content (AvgIpc) is 2.30. The van der Waals surface area contributed by atoms with Crippen LogP contribution in [0.2, 0.25) is 0 Å². The summed E-state index contributed by atoms with van der Waals surface area (Å²) in [7, 11) is 1.73. The van der Waals surface area contributed by atoms with Crippen molar-refractivity contribution in [2.24, 2.45) is 0 Å². The molecule has 0 aliphatic carbocycles. The predicted octanol–water partition coefficient (Wildman–Crippen LogP) is 2.05. The minimum absolute atomic E-state index is 0.0960. The number of carboxylic acids is 1. The molecule has 1 aromatic carbocycles. The van der Waals surface area contributed by atoms with Crippen LogP contribution in [0.5, 0.6) is 0 Å². The SMILES string of the molecule is CC(CC#N)N(C)C(C(=O)O)c1ccccc1. The summed E-state index contributed by atoms with van der Waals surface area (Å²) in [6.45, 7) is 1.85. The molecule has 4 heteroatoms. The summed E-state index contributed by atoms with van der Waals surface area (Å²) in [6.07, 6.45) is 0.313. The molecule has 17 heavy (non-hydrogen) atoms. The molecule has 0 aliphatic heterocycles. The highest BCUT2D eigenvalue weighted by atomic mass is 16.4. The first-order valence-electron chi connectivity index (χ1n) is 5.44. The van der Waals surface area contributed by atoms with Gasteiger partial charge in [-0.05, 0) is 19.5 Å². The third-order valence-electron chi connectivity index (χ3n) is 2.84. The van der Waals surface area contributed by atoms with Crippen LogP contribution in [0.15, 0.2) is 30.3 Å². The van der Waals surface area contributed by atoms with Crippen LogP contribution in [0.3, 0.4) is 0 Å². The van der Waals surface area contributed by atoms with Crippen molar-refractivity contribution in [2.75, 3.05) is 7.05 Å². The summed E-state index contributed by atoms with van der Waals surface area (Å²) in [5.41, 5.74) is 0.729. The van der Waals surface area contributed by atoms with Crippen molar-refractivity contribution in [1.82, 2.24) is 4.90 Å². The molecule has 0 aromatic heterocycles. The molecule has 2 unspecified atom stereocenters. The second kappa shape index (κ2) is 6.02. The minimum atomic E-state index is -0.900. The zero-order valence-corrected chi connectivity index (χ0v) is 10.00. The number of carboxylic acid groups (broad SMARTS) is 1. The van der Waals surface area contributed by atoms with Gasteiger partial charge in [0.1, 0.15) is 6.04 Å². The van der Waals surface area contributed by atoms with Gasteiger partial charge < -0.3 is 5.11 Å². The van der Waals surface area contributed by atoms with Gasteiger partial charge in [0.25, 0.3) is 0 Å². The van der Waals surface area contributed by atoms with Gasteiger partial charge in [0.15, 0.2) is 0 Å². The molecular weight excluding hydrogens is 216 g/mol. The Balaban J connectivity index is 2.95. The molecule has 1 N–H and O–H groups in total. The maximum Gasteiger partial charge on any atom is 0.325 e. The van der Waals surface area contributed by atoms with Crippen LogP contribution < -0.4 is 0 Å². The molecule has 0 heterocycles. The van der Waals surface area contributed by atoms with Crippen molar-refractivity contribution in [3.05, 3.63) is 35.9 Å². The summed E-state index contributed by atoms with van der Waals surface area (Å²) in [5, 5.41) is 17.9. The normalized spacial score (nSPS) is 14.0. The topological polar surface area (TPSA) is 64.3 Å².